The van der Waals surface area contributed by atoms with Gasteiger partial charge in [-0.05, 0) is 36.2 Å². The van der Waals surface area contributed by atoms with E-state index in [1.165, 1.54) is 0 Å². The molecule has 1 aliphatic rings. The van der Waals surface area contributed by atoms with Crippen LogP contribution in [0.4, 0.5) is 11.4 Å². The highest BCUT2D eigenvalue weighted by Gasteiger charge is 2.21. The normalized spacial score (nSPS) is 12.9. The van der Waals surface area contributed by atoms with Gasteiger partial charge in [-0.3, -0.25) is 9.59 Å². The van der Waals surface area contributed by atoms with Crippen LogP contribution < -0.4 is 15.4 Å². The Labute approximate surface area is 138 Å². The standard InChI is InChI=1S/C17H15ClN2O3/c1-10-6-13(17-14(7-10)20-16(22)9-23-17)19-15(21)8-11-4-2-3-5-12(11)18/h2-7H,8-9H2,1H3,(H,19,21)(H,20,22). The van der Waals surface area contributed by atoms with Crippen molar-refractivity contribution in [1.29, 1.82) is 0 Å². The van der Waals surface area contributed by atoms with Gasteiger partial charge in [-0.25, -0.2) is 0 Å². The van der Waals surface area contributed by atoms with Crippen molar-refractivity contribution in [2.75, 3.05) is 17.2 Å². The van der Waals surface area contributed by atoms with Crippen LogP contribution in [-0.4, -0.2) is 18.4 Å². The van der Waals surface area contributed by atoms with Gasteiger partial charge in [0.15, 0.2) is 12.4 Å². The fourth-order valence-corrected chi connectivity index (χ4v) is 2.65. The molecule has 0 aromatic heterocycles. The first kappa shape index (κ1) is 15.4. The molecule has 2 amide bonds. The zero-order valence-corrected chi connectivity index (χ0v) is 13.2. The SMILES string of the molecule is Cc1cc2c(c(NC(=O)Cc3ccccc3Cl)c1)OCC(=O)N2. The van der Waals surface area contributed by atoms with Gasteiger partial charge in [-0.1, -0.05) is 29.8 Å². The van der Waals surface area contributed by atoms with Crippen molar-refractivity contribution in [2.24, 2.45) is 0 Å². The van der Waals surface area contributed by atoms with Gasteiger partial charge in [-0.15, -0.1) is 0 Å². The molecular formula is C17H15ClN2O3. The molecule has 0 atom stereocenters. The maximum atomic E-state index is 12.3. The van der Waals surface area contributed by atoms with Gasteiger partial charge >= 0.3 is 0 Å². The quantitative estimate of drug-likeness (QED) is 0.908. The van der Waals surface area contributed by atoms with Gasteiger partial charge in [0.2, 0.25) is 5.91 Å². The largest absolute Gasteiger partial charge is 0.479 e. The molecule has 1 heterocycles. The van der Waals surface area contributed by atoms with E-state index in [1.807, 2.05) is 25.1 Å². The Bertz CT molecular complexity index is 789. The summed E-state index contributed by atoms with van der Waals surface area (Å²) in [7, 11) is 0. The minimum absolute atomic E-state index is 0.0660. The topological polar surface area (TPSA) is 67.4 Å². The smallest absolute Gasteiger partial charge is 0.262 e. The Morgan fingerprint density at radius 3 is 2.91 bits per heavy atom. The molecule has 2 aromatic rings. The molecule has 118 valence electrons. The summed E-state index contributed by atoms with van der Waals surface area (Å²) in [6.07, 6.45) is 0.161. The van der Waals surface area contributed by atoms with Crippen LogP contribution in [0.5, 0.6) is 5.75 Å². The lowest BCUT2D eigenvalue weighted by atomic mass is 10.1. The molecule has 0 radical (unpaired) electrons. The lowest BCUT2D eigenvalue weighted by Gasteiger charge is -2.21. The van der Waals surface area contributed by atoms with Crippen molar-refractivity contribution in [1.82, 2.24) is 0 Å². The van der Waals surface area contributed by atoms with Gasteiger partial charge in [0, 0.05) is 5.02 Å². The van der Waals surface area contributed by atoms with Crippen molar-refractivity contribution >= 4 is 34.8 Å². The van der Waals surface area contributed by atoms with Crippen molar-refractivity contribution in [3.8, 4) is 5.75 Å². The van der Waals surface area contributed by atoms with Gasteiger partial charge in [0.1, 0.15) is 0 Å². The molecule has 0 spiro atoms. The van der Waals surface area contributed by atoms with E-state index in [1.54, 1.807) is 18.2 Å². The van der Waals surface area contributed by atoms with E-state index in [4.69, 9.17) is 16.3 Å². The van der Waals surface area contributed by atoms with Crippen LogP contribution in [0.1, 0.15) is 11.1 Å². The monoisotopic (exact) mass is 330 g/mol. The summed E-state index contributed by atoms with van der Waals surface area (Å²) in [5.41, 5.74) is 2.76. The Kier molecular flexibility index (Phi) is 4.21. The van der Waals surface area contributed by atoms with Crippen LogP contribution in [0.2, 0.25) is 5.02 Å². The highest BCUT2D eigenvalue weighted by atomic mass is 35.5. The summed E-state index contributed by atoms with van der Waals surface area (Å²) in [5.74, 6) is 0.0607. The molecule has 0 aliphatic carbocycles. The Balaban J connectivity index is 1.81. The molecular weight excluding hydrogens is 316 g/mol. The maximum Gasteiger partial charge on any atom is 0.262 e. The second-order valence-corrected chi connectivity index (χ2v) is 5.75. The summed E-state index contributed by atoms with van der Waals surface area (Å²) in [4.78, 5) is 23.7. The Morgan fingerprint density at radius 1 is 1.35 bits per heavy atom. The van der Waals surface area contributed by atoms with E-state index < -0.39 is 0 Å². The third kappa shape index (κ3) is 3.46. The maximum absolute atomic E-state index is 12.3. The summed E-state index contributed by atoms with van der Waals surface area (Å²) >= 11 is 6.08. The number of aryl methyl sites for hydroxylation is 1. The van der Waals surface area contributed by atoms with E-state index >= 15 is 0 Å². The third-order valence-corrected chi connectivity index (χ3v) is 3.81. The Hall–Kier alpha value is -2.53. The first-order valence-electron chi connectivity index (χ1n) is 7.13. The molecule has 6 heteroatoms. The number of rotatable bonds is 3. The zero-order chi connectivity index (χ0) is 16.4. The number of fused-ring (bicyclic) bond motifs is 1. The van der Waals surface area contributed by atoms with Crippen molar-refractivity contribution < 1.29 is 14.3 Å². The molecule has 2 N–H and O–H groups in total. The molecule has 3 rings (SSSR count). The van der Waals surface area contributed by atoms with Crippen LogP contribution in [0.3, 0.4) is 0 Å². The van der Waals surface area contributed by atoms with Gasteiger partial charge in [0.25, 0.3) is 5.91 Å². The second-order valence-electron chi connectivity index (χ2n) is 5.34. The molecule has 0 fully saturated rings. The number of halogens is 1. The zero-order valence-electron chi connectivity index (χ0n) is 12.5. The van der Waals surface area contributed by atoms with Crippen molar-refractivity contribution in [3.05, 3.63) is 52.5 Å². The minimum atomic E-state index is -0.212. The number of benzene rings is 2. The first-order valence-corrected chi connectivity index (χ1v) is 7.51. The van der Waals surface area contributed by atoms with E-state index in [-0.39, 0.29) is 24.8 Å². The molecule has 0 bridgehead atoms. The highest BCUT2D eigenvalue weighted by molar-refractivity contribution is 6.31. The summed E-state index contributed by atoms with van der Waals surface area (Å²) < 4.78 is 5.44. The van der Waals surface area contributed by atoms with Crippen LogP contribution in [0, 0.1) is 6.92 Å². The molecule has 2 aromatic carbocycles. The summed E-state index contributed by atoms with van der Waals surface area (Å²) in [6.45, 7) is 1.81. The number of anilines is 2. The molecule has 1 aliphatic heterocycles. The molecule has 0 saturated carbocycles. The van der Waals surface area contributed by atoms with Crippen LogP contribution in [-0.2, 0) is 16.0 Å². The molecule has 5 nitrogen and oxygen atoms in total. The summed E-state index contributed by atoms with van der Waals surface area (Å²) in [5, 5.41) is 6.12. The second kappa shape index (κ2) is 6.30. The van der Waals surface area contributed by atoms with Crippen LogP contribution >= 0.6 is 11.6 Å². The number of hydrogen-bond donors (Lipinski definition) is 2. The fraction of sp³-hybridized carbons (Fsp3) is 0.176. The van der Waals surface area contributed by atoms with Crippen LogP contribution in [0.25, 0.3) is 0 Å². The number of nitrogens with one attached hydrogen (secondary N) is 2. The van der Waals surface area contributed by atoms with Gasteiger partial charge < -0.3 is 15.4 Å². The number of hydrogen-bond acceptors (Lipinski definition) is 3. The Morgan fingerprint density at radius 2 is 2.13 bits per heavy atom. The average Bonchev–Trinajstić information content (AvgIpc) is 2.49. The number of amides is 2. The number of ether oxygens (including phenoxy) is 1. The minimum Gasteiger partial charge on any atom is -0.479 e. The van der Waals surface area contributed by atoms with Gasteiger partial charge in [0.05, 0.1) is 17.8 Å². The third-order valence-electron chi connectivity index (χ3n) is 3.44. The highest BCUT2D eigenvalue weighted by Crippen LogP contribution is 2.37. The van der Waals surface area contributed by atoms with Crippen molar-refractivity contribution in [3.63, 3.8) is 0 Å². The molecule has 0 unspecified atom stereocenters. The molecule has 0 saturated heterocycles. The lowest BCUT2D eigenvalue weighted by Crippen LogP contribution is -2.26. The van der Waals surface area contributed by atoms with E-state index in [9.17, 15) is 9.59 Å². The van der Waals surface area contributed by atoms with E-state index in [0.717, 1.165) is 11.1 Å². The predicted octanol–water partition coefficient (Wildman–Crippen LogP) is 3.16. The predicted molar refractivity (Wildman–Crippen MR) is 89.1 cm³/mol. The molecule has 23 heavy (non-hydrogen) atoms. The van der Waals surface area contributed by atoms with Crippen molar-refractivity contribution in [2.45, 2.75) is 13.3 Å². The average molecular weight is 331 g/mol. The summed E-state index contributed by atoms with van der Waals surface area (Å²) in [6, 6.07) is 10.8. The number of carbonyl (C=O) groups is 2. The fourth-order valence-electron chi connectivity index (χ4n) is 2.45. The van der Waals surface area contributed by atoms with E-state index in [0.29, 0.717) is 22.1 Å². The number of carbonyl (C=O) groups excluding carboxylic acids is 2. The van der Waals surface area contributed by atoms with Crippen LogP contribution in [0.15, 0.2) is 36.4 Å². The van der Waals surface area contributed by atoms with Gasteiger partial charge in [-0.2, -0.15) is 0 Å². The first-order chi connectivity index (χ1) is 11.0. The van der Waals surface area contributed by atoms with E-state index in [2.05, 4.69) is 10.6 Å². The lowest BCUT2D eigenvalue weighted by molar-refractivity contribution is -0.118.